The van der Waals surface area contributed by atoms with E-state index in [0.29, 0.717) is 38.3 Å². The van der Waals surface area contributed by atoms with E-state index < -0.39 is 6.10 Å². The molecule has 32 heavy (non-hydrogen) atoms. The first kappa shape index (κ1) is 22.3. The van der Waals surface area contributed by atoms with E-state index in [9.17, 15) is 5.11 Å². The minimum Gasteiger partial charge on any atom is -0.497 e. The molecule has 0 spiro atoms. The molecule has 0 aliphatic carbocycles. The van der Waals surface area contributed by atoms with Gasteiger partial charge in [-0.3, -0.25) is 0 Å². The summed E-state index contributed by atoms with van der Waals surface area (Å²) < 4.78 is 22.5. The molecule has 170 valence electrons. The Morgan fingerprint density at radius 3 is 2.66 bits per heavy atom. The Morgan fingerprint density at radius 2 is 1.88 bits per heavy atom. The van der Waals surface area contributed by atoms with Crippen molar-refractivity contribution in [3.05, 3.63) is 77.7 Å². The molecule has 7 nitrogen and oxygen atoms in total. The van der Waals surface area contributed by atoms with Crippen molar-refractivity contribution in [3.63, 3.8) is 0 Å². The van der Waals surface area contributed by atoms with Crippen molar-refractivity contribution in [1.29, 1.82) is 0 Å². The molecule has 1 aromatic heterocycles. The Hall–Kier alpha value is -2.87. The number of aliphatic hydroxyl groups is 1. The Balaban J connectivity index is 1.22. The molecule has 3 atom stereocenters. The van der Waals surface area contributed by atoms with E-state index in [1.807, 2.05) is 60.7 Å². The summed E-state index contributed by atoms with van der Waals surface area (Å²) in [6, 6.07) is 19.5. The summed E-state index contributed by atoms with van der Waals surface area (Å²) in [5, 5.41) is 17.9. The minimum absolute atomic E-state index is 0.000761. The van der Waals surface area contributed by atoms with Crippen LogP contribution in [0.1, 0.15) is 29.9 Å². The van der Waals surface area contributed by atoms with Gasteiger partial charge in [-0.25, -0.2) is 0 Å². The normalized spacial score (nSPS) is 20.8. The van der Waals surface area contributed by atoms with Gasteiger partial charge in [0.25, 0.3) is 0 Å². The van der Waals surface area contributed by atoms with E-state index in [2.05, 4.69) is 10.5 Å². The third-order valence-electron chi connectivity index (χ3n) is 5.58. The minimum atomic E-state index is -0.471. The second-order valence-corrected chi connectivity index (χ2v) is 8.01. The molecule has 4 rings (SSSR count). The fourth-order valence-corrected chi connectivity index (χ4v) is 3.81. The molecule has 0 amide bonds. The van der Waals surface area contributed by atoms with Crippen molar-refractivity contribution >= 4 is 0 Å². The molecule has 7 heteroatoms. The van der Waals surface area contributed by atoms with E-state index in [0.717, 1.165) is 29.2 Å². The second-order valence-electron chi connectivity index (χ2n) is 8.01. The molecule has 2 heterocycles. The van der Waals surface area contributed by atoms with Crippen molar-refractivity contribution < 1.29 is 23.8 Å². The van der Waals surface area contributed by atoms with Crippen LogP contribution in [-0.4, -0.2) is 42.2 Å². The lowest BCUT2D eigenvalue weighted by atomic mass is 9.98. The summed E-state index contributed by atoms with van der Waals surface area (Å²) >= 11 is 0. The van der Waals surface area contributed by atoms with E-state index in [-0.39, 0.29) is 12.2 Å². The first-order valence-electron chi connectivity index (χ1n) is 11.0. The van der Waals surface area contributed by atoms with E-state index in [1.165, 1.54) is 0 Å². The molecule has 2 aromatic carbocycles. The van der Waals surface area contributed by atoms with Crippen LogP contribution in [0.25, 0.3) is 0 Å². The Bertz CT molecular complexity index is 944. The van der Waals surface area contributed by atoms with Crippen LogP contribution in [-0.2, 0) is 24.3 Å². The third-order valence-corrected chi connectivity index (χ3v) is 5.58. The van der Waals surface area contributed by atoms with Crippen LogP contribution in [0.4, 0.5) is 0 Å². The number of aromatic nitrogens is 1. The van der Waals surface area contributed by atoms with E-state index in [4.69, 9.17) is 18.7 Å². The zero-order valence-electron chi connectivity index (χ0n) is 18.3. The van der Waals surface area contributed by atoms with Gasteiger partial charge >= 0.3 is 0 Å². The van der Waals surface area contributed by atoms with Gasteiger partial charge in [0.15, 0.2) is 5.76 Å². The van der Waals surface area contributed by atoms with Crippen LogP contribution in [0.5, 0.6) is 11.5 Å². The van der Waals surface area contributed by atoms with E-state index in [1.54, 1.807) is 7.11 Å². The van der Waals surface area contributed by atoms with Crippen molar-refractivity contribution in [2.75, 3.05) is 13.7 Å². The van der Waals surface area contributed by atoms with Crippen LogP contribution in [0.3, 0.4) is 0 Å². The number of hydrogen-bond acceptors (Lipinski definition) is 7. The van der Waals surface area contributed by atoms with Crippen LogP contribution in [0, 0.1) is 0 Å². The smallest absolute Gasteiger partial charge is 0.174 e. The van der Waals surface area contributed by atoms with Crippen molar-refractivity contribution in [3.8, 4) is 11.5 Å². The fourth-order valence-electron chi connectivity index (χ4n) is 3.81. The quantitative estimate of drug-likeness (QED) is 0.501. The number of methoxy groups -OCH3 is 1. The monoisotopic (exact) mass is 438 g/mol. The van der Waals surface area contributed by atoms with Crippen LogP contribution < -0.4 is 14.8 Å². The topological polar surface area (TPSA) is 86.0 Å². The highest BCUT2D eigenvalue weighted by Gasteiger charge is 2.30. The number of nitrogens with one attached hydrogen (secondary N) is 1. The molecule has 1 aliphatic heterocycles. The Kier molecular flexibility index (Phi) is 7.77. The summed E-state index contributed by atoms with van der Waals surface area (Å²) in [7, 11) is 1.66. The van der Waals surface area contributed by atoms with Crippen LogP contribution in [0.15, 0.2) is 65.2 Å². The molecule has 0 bridgehead atoms. The van der Waals surface area contributed by atoms with Gasteiger partial charge in [0.2, 0.25) is 0 Å². The standard InChI is InChI=1S/C25H30N2O5/c1-29-20-9-7-18(8-10-20)15-26-16-25-24(28)12-11-22(31-25)13-19-14-23(32-27-19)17-30-21-5-3-2-4-6-21/h2-10,14,22,24-26,28H,11-13,15-17H2,1H3/t22-,24-,25+/m0/s1. The van der Waals surface area contributed by atoms with Gasteiger partial charge in [0, 0.05) is 25.6 Å². The highest BCUT2D eigenvalue weighted by atomic mass is 16.5. The number of para-hydroxylation sites is 1. The fraction of sp³-hybridized carbons (Fsp3) is 0.400. The van der Waals surface area contributed by atoms with Gasteiger partial charge in [-0.2, -0.15) is 0 Å². The second kappa shape index (κ2) is 11.1. The third kappa shape index (κ3) is 6.32. The van der Waals surface area contributed by atoms with Gasteiger partial charge in [0.1, 0.15) is 18.1 Å². The number of ether oxygens (including phenoxy) is 3. The highest BCUT2D eigenvalue weighted by Crippen LogP contribution is 2.23. The zero-order valence-corrected chi connectivity index (χ0v) is 18.3. The summed E-state index contributed by atoms with van der Waals surface area (Å²) in [4.78, 5) is 0. The van der Waals surface area contributed by atoms with Gasteiger partial charge in [-0.1, -0.05) is 35.5 Å². The Labute approximate surface area is 188 Å². The number of benzene rings is 2. The molecule has 2 N–H and O–H groups in total. The average Bonchev–Trinajstić information content (AvgIpc) is 3.28. The maximum atomic E-state index is 10.4. The molecule has 1 saturated heterocycles. The number of aliphatic hydroxyl groups excluding tert-OH is 1. The Morgan fingerprint density at radius 1 is 1.06 bits per heavy atom. The summed E-state index contributed by atoms with van der Waals surface area (Å²) in [5.74, 6) is 2.31. The lowest BCUT2D eigenvalue weighted by molar-refractivity contribution is -0.115. The molecular formula is C25H30N2O5. The maximum absolute atomic E-state index is 10.4. The lowest BCUT2D eigenvalue weighted by Gasteiger charge is -2.34. The molecule has 1 fully saturated rings. The van der Waals surface area contributed by atoms with Crippen molar-refractivity contribution in [1.82, 2.24) is 10.5 Å². The molecule has 0 saturated carbocycles. The molecule has 0 radical (unpaired) electrons. The molecule has 3 aromatic rings. The predicted molar refractivity (Wildman–Crippen MR) is 120 cm³/mol. The summed E-state index contributed by atoms with van der Waals surface area (Å²) in [5.41, 5.74) is 1.99. The predicted octanol–water partition coefficient (Wildman–Crippen LogP) is 3.50. The van der Waals surface area contributed by atoms with Crippen molar-refractivity contribution in [2.24, 2.45) is 0 Å². The number of hydrogen-bond donors (Lipinski definition) is 2. The van der Waals surface area contributed by atoms with Gasteiger partial charge in [0.05, 0.1) is 31.1 Å². The highest BCUT2D eigenvalue weighted by molar-refractivity contribution is 5.27. The largest absolute Gasteiger partial charge is 0.497 e. The van der Waals surface area contributed by atoms with Gasteiger partial charge < -0.3 is 29.2 Å². The van der Waals surface area contributed by atoms with Gasteiger partial charge in [-0.05, 0) is 42.7 Å². The van der Waals surface area contributed by atoms with E-state index >= 15 is 0 Å². The molecule has 0 unspecified atom stereocenters. The lowest BCUT2D eigenvalue weighted by Crippen LogP contribution is -2.45. The van der Waals surface area contributed by atoms with Gasteiger partial charge in [-0.15, -0.1) is 0 Å². The number of rotatable bonds is 10. The average molecular weight is 439 g/mol. The SMILES string of the molecule is COc1ccc(CNC[C@H]2O[C@H](Cc3cc(COc4ccccc4)on3)CC[C@@H]2O)cc1. The number of nitrogens with zero attached hydrogens (tertiary/aromatic N) is 1. The maximum Gasteiger partial charge on any atom is 0.174 e. The first-order valence-corrected chi connectivity index (χ1v) is 11.0. The van der Waals surface area contributed by atoms with Crippen molar-refractivity contribution in [2.45, 2.75) is 50.7 Å². The van der Waals surface area contributed by atoms with Crippen LogP contribution >= 0.6 is 0 Å². The summed E-state index contributed by atoms with van der Waals surface area (Å²) in [6.45, 7) is 1.62. The summed E-state index contributed by atoms with van der Waals surface area (Å²) in [6.07, 6.45) is 1.43. The van der Waals surface area contributed by atoms with Crippen LogP contribution in [0.2, 0.25) is 0 Å². The molecular weight excluding hydrogens is 408 g/mol. The molecule has 1 aliphatic rings. The zero-order chi connectivity index (χ0) is 22.2. The first-order chi connectivity index (χ1) is 15.7.